The molecule has 0 aliphatic rings. The number of ether oxygens (including phenoxy) is 1. The maximum atomic E-state index is 11.5. The molecule has 118 valence electrons. The van der Waals surface area contributed by atoms with E-state index in [-0.39, 0.29) is 5.69 Å². The number of aromatic nitrogens is 1. The molecule has 0 amide bonds. The summed E-state index contributed by atoms with van der Waals surface area (Å²) in [7, 11) is 7.19. The van der Waals surface area contributed by atoms with Crippen molar-refractivity contribution in [2.24, 2.45) is 0 Å². The number of fused-ring (bicyclic) bond motifs is 1. The number of rotatable bonds is 4. The minimum Gasteiger partial charge on any atom is -0.477 e. The average Bonchev–Trinajstić information content (AvgIpc) is 2.77. The lowest BCUT2D eigenvalue weighted by Gasteiger charge is -2.17. The smallest absolute Gasteiger partial charge is 0.354 e. The number of carboxylic acid groups (broad SMARTS) is 1. The second-order valence-electron chi connectivity index (χ2n) is 5.40. The van der Waals surface area contributed by atoms with Gasteiger partial charge in [0.25, 0.3) is 0 Å². The Morgan fingerprint density at radius 3 is 2.23 bits per heavy atom. The first-order chi connectivity index (χ1) is 10.2. The molecule has 2 N–H and O–H groups in total. The van der Waals surface area contributed by atoms with Gasteiger partial charge < -0.3 is 24.6 Å². The van der Waals surface area contributed by atoms with Gasteiger partial charge in [-0.25, -0.2) is 4.79 Å². The van der Waals surface area contributed by atoms with Crippen LogP contribution in [0.2, 0.25) is 0 Å². The average molecular weight is 305 g/mol. The third kappa shape index (κ3) is 2.69. The molecular formula is C15H19N3O4. The second-order valence-corrected chi connectivity index (χ2v) is 5.40. The molecule has 0 aliphatic heterocycles. The maximum absolute atomic E-state index is 11.5. The Labute approximate surface area is 128 Å². The monoisotopic (exact) mass is 305 g/mol. The number of hydrogen-bond donors (Lipinski definition) is 2. The summed E-state index contributed by atoms with van der Waals surface area (Å²) in [6.07, 6.45) is 0. The zero-order valence-corrected chi connectivity index (χ0v) is 13.2. The van der Waals surface area contributed by atoms with Crippen LogP contribution in [0.4, 0.5) is 11.4 Å². The van der Waals surface area contributed by atoms with Crippen molar-refractivity contribution in [2.45, 2.75) is 6.92 Å². The number of esters is 1. The van der Waals surface area contributed by atoms with E-state index in [1.165, 1.54) is 6.92 Å². The highest BCUT2D eigenvalue weighted by atomic mass is 16.5. The van der Waals surface area contributed by atoms with Crippen LogP contribution in [0.3, 0.4) is 0 Å². The number of carbonyl (C=O) groups excluding carboxylic acids is 1. The van der Waals surface area contributed by atoms with Gasteiger partial charge in [-0.3, -0.25) is 4.79 Å². The molecule has 22 heavy (non-hydrogen) atoms. The van der Waals surface area contributed by atoms with Crippen molar-refractivity contribution in [3.63, 3.8) is 0 Å². The van der Waals surface area contributed by atoms with Gasteiger partial charge in [0.2, 0.25) is 0 Å². The minimum absolute atomic E-state index is 0.0595. The molecule has 2 rings (SSSR count). The van der Waals surface area contributed by atoms with Crippen LogP contribution in [0.5, 0.6) is 5.75 Å². The van der Waals surface area contributed by atoms with Gasteiger partial charge in [0.1, 0.15) is 11.4 Å². The number of aromatic amines is 1. The fraction of sp³-hybridized carbons (Fsp3) is 0.333. The molecule has 7 heteroatoms. The van der Waals surface area contributed by atoms with E-state index in [4.69, 9.17) is 4.74 Å². The molecule has 7 nitrogen and oxygen atoms in total. The van der Waals surface area contributed by atoms with Crippen molar-refractivity contribution in [2.75, 3.05) is 38.0 Å². The van der Waals surface area contributed by atoms with Gasteiger partial charge in [-0.15, -0.1) is 0 Å². The Balaban J connectivity index is 2.86. The van der Waals surface area contributed by atoms with Gasteiger partial charge in [0, 0.05) is 46.9 Å². The molecule has 1 aromatic heterocycles. The normalized spacial score (nSPS) is 10.6. The number of nitrogens with zero attached hydrogens (tertiary/aromatic N) is 2. The van der Waals surface area contributed by atoms with Crippen LogP contribution in [-0.2, 0) is 4.79 Å². The van der Waals surface area contributed by atoms with E-state index in [0.29, 0.717) is 22.3 Å². The quantitative estimate of drug-likeness (QED) is 0.663. The standard InChI is InChI=1S/C15H19N3O4/c1-8(19)22-11-7-9(17(2)3)6-10-12(11)14(18(4)5)13(16-10)15(20)21/h6-7,16H,1-5H3,(H,20,21). The molecule has 0 fully saturated rings. The van der Waals surface area contributed by atoms with Crippen LogP contribution >= 0.6 is 0 Å². The van der Waals surface area contributed by atoms with Crippen LogP contribution < -0.4 is 14.5 Å². The van der Waals surface area contributed by atoms with Gasteiger partial charge in [0.05, 0.1) is 16.6 Å². The number of benzene rings is 1. The number of carbonyl (C=O) groups is 2. The van der Waals surface area contributed by atoms with Gasteiger partial charge in [-0.1, -0.05) is 0 Å². The van der Waals surface area contributed by atoms with E-state index in [1.54, 1.807) is 25.1 Å². The summed E-state index contributed by atoms with van der Waals surface area (Å²) in [5.74, 6) is -1.19. The molecule has 0 bridgehead atoms. The molecule has 0 saturated heterocycles. The highest BCUT2D eigenvalue weighted by molar-refractivity contribution is 6.09. The van der Waals surface area contributed by atoms with E-state index >= 15 is 0 Å². The Bertz CT molecular complexity index is 747. The van der Waals surface area contributed by atoms with Gasteiger partial charge in [0.15, 0.2) is 0 Å². The number of carboxylic acids is 1. The summed E-state index contributed by atoms with van der Waals surface area (Å²) in [6.45, 7) is 1.31. The highest BCUT2D eigenvalue weighted by Gasteiger charge is 2.23. The van der Waals surface area contributed by atoms with Gasteiger partial charge in [-0.05, 0) is 6.07 Å². The van der Waals surface area contributed by atoms with Crippen molar-refractivity contribution in [1.82, 2.24) is 4.98 Å². The van der Waals surface area contributed by atoms with Gasteiger partial charge in [-0.2, -0.15) is 0 Å². The van der Waals surface area contributed by atoms with Crippen molar-refractivity contribution in [1.29, 1.82) is 0 Å². The summed E-state index contributed by atoms with van der Waals surface area (Å²) < 4.78 is 5.30. The molecule has 2 aromatic rings. The highest BCUT2D eigenvalue weighted by Crippen LogP contribution is 2.39. The fourth-order valence-electron chi connectivity index (χ4n) is 2.36. The van der Waals surface area contributed by atoms with Crippen LogP contribution in [0.25, 0.3) is 10.9 Å². The topological polar surface area (TPSA) is 85.9 Å². The Kier molecular flexibility index (Phi) is 3.99. The lowest BCUT2D eigenvalue weighted by molar-refractivity contribution is -0.131. The number of hydrogen-bond acceptors (Lipinski definition) is 5. The lowest BCUT2D eigenvalue weighted by atomic mass is 10.1. The third-order valence-electron chi connectivity index (χ3n) is 3.25. The SMILES string of the molecule is CC(=O)Oc1cc(N(C)C)cc2[nH]c(C(=O)O)c(N(C)C)c12. The van der Waals surface area contributed by atoms with Crippen LogP contribution in [0, 0.1) is 0 Å². The molecule has 0 aliphatic carbocycles. The summed E-state index contributed by atoms with van der Waals surface area (Å²) >= 11 is 0. The zero-order chi connectivity index (χ0) is 16.6. The van der Waals surface area contributed by atoms with Crippen molar-refractivity contribution < 1.29 is 19.4 Å². The molecule has 1 aromatic carbocycles. The van der Waals surface area contributed by atoms with Crippen LogP contribution in [0.1, 0.15) is 17.4 Å². The first kappa shape index (κ1) is 15.7. The molecule has 0 saturated carbocycles. The van der Waals surface area contributed by atoms with Gasteiger partial charge >= 0.3 is 11.9 Å². The predicted molar refractivity (Wildman–Crippen MR) is 85.2 cm³/mol. The third-order valence-corrected chi connectivity index (χ3v) is 3.25. The summed E-state index contributed by atoms with van der Waals surface area (Å²) in [5, 5.41) is 9.96. The van der Waals surface area contributed by atoms with E-state index < -0.39 is 11.9 Å². The first-order valence-corrected chi connectivity index (χ1v) is 6.68. The molecular weight excluding hydrogens is 286 g/mol. The molecule has 0 spiro atoms. The Morgan fingerprint density at radius 1 is 1.14 bits per heavy atom. The van der Waals surface area contributed by atoms with Crippen LogP contribution in [0.15, 0.2) is 12.1 Å². The fourth-order valence-corrected chi connectivity index (χ4v) is 2.36. The minimum atomic E-state index is -1.07. The Hall–Kier alpha value is -2.70. The number of nitrogens with one attached hydrogen (secondary N) is 1. The van der Waals surface area contributed by atoms with E-state index in [0.717, 1.165) is 5.69 Å². The van der Waals surface area contributed by atoms with Crippen molar-refractivity contribution >= 4 is 34.2 Å². The summed E-state index contributed by atoms with van der Waals surface area (Å²) in [4.78, 5) is 29.3. The van der Waals surface area contributed by atoms with E-state index in [1.807, 2.05) is 25.1 Å². The number of anilines is 2. The summed E-state index contributed by atoms with van der Waals surface area (Å²) in [6, 6.07) is 3.54. The lowest BCUT2D eigenvalue weighted by Crippen LogP contribution is -2.13. The molecule has 1 heterocycles. The molecule has 0 atom stereocenters. The van der Waals surface area contributed by atoms with Crippen molar-refractivity contribution in [3.05, 3.63) is 17.8 Å². The first-order valence-electron chi connectivity index (χ1n) is 6.68. The zero-order valence-electron chi connectivity index (χ0n) is 13.2. The Morgan fingerprint density at radius 2 is 1.77 bits per heavy atom. The van der Waals surface area contributed by atoms with E-state index in [9.17, 15) is 14.7 Å². The summed E-state index contributed by atoms with van der Waals surface area (Å²) in [5.41, 5.74) is 1.93. The second kappa shape index (κ2) is 5.59. The molecule has 0 unspecified atom stereocenters. The van der Waals surface area contributed by atoms with E-state index in [2.05, 4.69) is 4.98 Å². The number of H-pyrrole nitrogens is 1. The van der Waals surface area contributed by atoms with Crippen molar-refractivity contribution in [3.8, 4) is 5.75 Å². The number of aromatic carboxylic acids is 1. The van der Waals surface area contributed by atoms with Crippen LogP contribution in [-0.4, -0.2) is 50.2 Å². The largest absolute Gasteiger partial charge is 0.477 e. The maximum Gasteiger partial charge on any atom is 0.354 e. The molecule has 0 radical (unpaired) electrons. The predicted octanol–water partition coefficient (Wildman–Crippen LogP) is 1.92.